The molecule has 2 aromatic carbocycles. The van der Waals surface area contributed by atoms with E-state index < -0.39 is 34.6 Å². The zero-order chi connectivity index (χ0) is 21.6. The van der Waals surface area contributed by atoms with Gasteiger partial charge in [-0.15, -0.1) is 0 Å². The third kappa shape index (κ3) is 6.16. The summed E-state index contributed by atoms with van der Waals surface area (Å²) in [5.74, 6) is -1.79. The summed E-state index contributed by atoms with van der Waals surface area (Å²) in [7, 11) is 0. The molecule has 0 aliphatic heterocycles. The maximum absolute atomic E-state index is 12.7. The van der Waals surface area contributed by atoms with Crippen LogP contribution in [0.3, 0.4) is 0 Å². The molecule has 7 nitrogen and oxygen atoms in total. The molecule has 0 aromatic heterocycles. The Morgan fingerprint density at radius 3 is 2.52 bits per heavy atom. The van der Waals surface area contributed by atoms with Gasteiger partial charge in [0.1, 0.15) is 0 Å². The van der Waals surface area contributed by atoms with Crippen LogP contribution in [0.25, 0.3) is 6.08 Å². The van der Waals surface area contributed by atoms with E-state index in [2.05, 4.69) is 5.32 Å². The highest BCUT2D eigenvalue weighted by molar-refractivity contribution is 5.96. The number of nitro benzene ring substituents is 1. The molecule has 0 bridgehead atoms. The Labute approximate surface area is 162 Å². The Bertz CT molecular complexity index is 957. The van der Waals surface area contributed by atoms with Crippen molar-refractivity contribution in [2.24, 2.45) is 0 Å². The summed E-state index contributed by atoms with van der Waals surface area (Å²) >= 11 is 0. The van der Waals surface area contributed by atoms with Gasteiger partial charge in [-0.3, -0.25) is 14.9 Å². The number of rotatable bonds is 6. The SMILES string of the molecule is C[C@@H](OC(=O)/C=C/c1ccccc1[N+](=O)[O-])C(=O)Nc1cccc(C(F)(F)F)c1. The Morgan fingerprint density at radius 2 is 1.86 bits per heavy atom. The van der Waals surface area contributed by atoms with Crippen LogP contribution in [0.15, 0.2) is 54.6 Å². The van der Waals surface area contributed by atoms with Gasteiger partial charge in [-0.25, -0.2) is 4.79 Å². The highest BCUT2D eigenvalue weighted by Crippen LogP contribution is 2.30. The summed E-state index contributed by atoms with van der Waals surface area (Å²) in [5.41, 5.74) is -1.10. The van der Waals surface area contributed by atoms with Gasteiger partial charge >= 0.3 is 12.1 Å². The average molecular weight is 408 g/mol. The third-order valence-electron chi connectivity index (χ3n) is 3.65. The zero-order valence-electron chi connectivity index (χ0n) is 15.0. The van der Waals surface area contributed by atoms with Crippen molar-refractivity contribution in [1.82, 2.24) is 0 Å². The molecule has 29 heavy (non-hydrogen) atoms. The van der Waals surface area contributed by atoms with Crippen LogP contribution < -0.4 is 5.32 Å². The molecule has 1 atom stereocenters. The quantitative estimate of drug-likeness (QED) is 0.334. The van der Waals surface area contributed by atoms with E-state index in [9.17, 15) is 32.9 Å². The first-order chi connectivity index (χ1) is 13.6. The number of anilines is 1. The molecule has 0 saturated heterocycles. The number of benzene rings is 2. The maximum Gasteiger partial charge on any atom is 0.416 e. The number of halogens is 3. The largest absolute Gasteiger partial charge is 0.449 e. The minimum absolute atomic E-state index is 0.108. The first kappa shape index (κ1) is 21.6. The Kier molecular flexibility index (Phi) is 6.71. The average Bonchev–Trinajstić information content (AvgIpc) is 2.66. The summed E-state index contributed by atoms with van der Waals surface area (Å²) < 4.78 is 43.0. The van der Waals surface area contributed by atoms with E-state index in [1.54, 1.807) is 6.07 Å². The van der Waals surface area contributed by atoms with Crippen LogP contribution in [0, 0.1) is 10.1 Å². The van der Waals surface area contributed by atoms with Gasteiger partial charge in [0.05, 0.1) is 16.1 Å². The molecular formula is C19H15F3N2O5. The fourth-order valence-electron chi connectivity index (χ4n) is 2.24. The number of esters is 1. The fourth-order valence-corrected chi connectivity index (χ4v) is 2.24. The lowest BCUT2D eigenvalue weighted by Gasteiger charge is -2.13. The van der Waals surface area contributed by atoms with Crippen molar-refractivity contribution in [2.45, 2.75) is 19.2 Å². The van der Waals surface area contributed by atoms with E-state index in [0.717, 1.165) is 30.4 Å². The van der Waals surface area contributed by atoms with E-state index in [-0.39, 0.29) is 16.9 Å². The summed E-state index contributed by atoms with van der Waals surface area (Å²) in [6.07, 6.45) is -3.80. The Balaban J connectivity index is 1.99. The molecule has 1 amide bonds. The zero-order valence-corrected chi connectivity index (χ0v) is 15.0. The molecule has 2 aromatic rings. The van der Waals surface area contributed by atoms with Gasteiger partial charge in [0, 0.05) is 17.8 Å². The smallest absolute Gasteiger partial charge is 0.416 e. The van der Waals surface area contributed by atoms with Gasteiger partial charge in [0.25, 0.3) is 11.6 Å². The lowest BCUT2D eigenvalue weighted by molar-refractivity contribution is -0.385. The second kappa shape index (κ2) is 9.00. The molecule has 0 heterocycles. The number of nitrogens with zero attached hydrogens (tertiary/aromatic N) is 1. The minimum atomic E-state index is -4.57. The first-order valence-corrected chi connectivity index (χ1v) is 8.18. The number of alkyl halides is 3. The molecule has 0 fully saturated rings. The van der Waals surface area contributed by atoms with E-state index in [4.69, 9.17) is 4.74 Å². The van der Waals surface area contributed by atoms with Gasteiger partial charge in [-0.2, -0.15) is 13.2 Å². The van der Waals surface area contributed by atoms with Crippen LogP contribution >= 0.6 is 0 Å². The monoisotopic (exact) mass is 408 g/mol. The van der Waals surface area contributed by atoms with Crippen LogP contribution in [0.5, 0.6) is 0 Å². The van der Waals surface area contributed by atoms with Gasteiger partial charge in [0.15, 0.2) is 6.10 Å². The van der Waals surface area contributed by atoms with Gasteiger partial charge in [-0.05, 0) is 37.3 Å². The normalized spacial score (nSPS) is 12.4. The van der Waals surface area contributed by atoms with Crippen molar-refractivity contribution in [2.75, 3.05) is 5.32 Å². The molecule has 1 N–H and O–H groups in total. The molecule has 2 rings (SSSR count). The molecule has 0 aliphatic rings. The van der Waals surface area contributed by atoms with E-state index in [1.807, 2.05) is 0 Å². The topological polar surface area (TPSA) is 98.5 Å². The van der Waals surface area contributed by atoms with Crippen LogP contribution in [0.2, 0.25) is 0 Å². The van der Waals surface area contributed by atoms with Crippen LogP contribution in [0.1, 0.15) is 18.1 Å². The Hall–Kier alpha value is -3.69. The van der Waals surface area contributed by atoms with E-state index in [1.165, 1.54) is 31.2 Å². The van der Waals surface area contributed by atoms with Crippen molar-refractivity contribution < 1.29 is 32.4 Å². The number of para-hydroxylation sites is 1. The number of nitrogens with one attached hydrogen (secondary N) is 1. The summed E-state index contributed by atoms with van der Waals surface area (Å²) in [4.78, 5) is 34.2. The second-order valence-corrected chi connectivity index (χ2v) is 5.80. The predicted octanol–water partition coefficient (Wildman–Crippen LogP) is 4.20. The molecule has 0 unspecified atom stereocenters. The van der Waals surface area contributed by atoms with Gasteiger partial charge in [-0.1, -0.05) is 18.2 Å². The fraction of sp³-hybridized carbons (Fsp3) is 0.158. The van der Waals surface area contributed by atoms with E-state index in [0.29, 0.717) is 0 Å². The Morgan fingerprint density at radius 1 is 1.17 bits per heavy atom. The van der Waals surface area contributed by atoms with Gasteiger partial charge in [0.2, 0.25) is 0 Å². The first-order valence-electron chi connectivity index (χ1n) is 8.18. The van der Waals surface area contributed by atoms with Crippen molar-refractivity contribution >= 4 is 29.3 Å². The highest BCUT2D eigenvalue weighted by atomic mass is 19.4. The number of nitro groups is 1. The molecular weight excluding hydrogens is 393 g/mol. The maximum atomic E-state index is 12.7. The molecule has 0 saturated carbocycles. The number of hydrogen-bond acceptors (Lipinski definition) is 5. The standard InChI is InChI=1S/C19H15F3N2O5/c1-12(18(26)23-15-7-4-6-14(11-15)19(20,21)22)29-17(25)10-9-13-5-2-3-8-16(13)24(27)28/h2-12H,1H3,(H,23,26)/b10-9+/t12-/m1/s1. The van der Waals surface area contributed by atoms with Crippen molar-refractivity contribution in [3.63, 3.8) is 0 Å². The molecule has 0 radical (unpaired) electrons. The molecule has 0 spiro atoms. The van der Waals surface area contributed by atoms with E-state index >= 15 is 0 Å². The molecule has 10 heteroatoms. The van der Waals surface area contributed by atoms with Crippen LogP contribution in [-0.4, -0.2) is 22.9 Å². The number of carbonyl (C=O) groups excluding carboxylic acids is 2. The lowest BCUT2D eigenvalue weighted by atomic mass is 10.1. The summed E-state index contributed by atoms with van der Waals surface area (Å²) in [6, 6.07) is 9.69. The van der Waals surface area contributed by atoms with Crippen molar-refractivity contribution in [1.29, 1.82) is 0 Å². The van der Waals surface area contributed by atoms with Crippen molar-refractivity contribution in [3.8, 4) is 0 Å². The highest BCUT2D eigenvalue weighted by Gasteiger charge is 2.30. The molecule has 0 aliphatic carbocycles. The number of amides is 1. The summed E-state index contributed by atoms with van der Waals surface area (Å²) in [6.45, 7) is 1.24. The van der Waals surface area contributed by atoms with Crippen LogP contribution in [0.4, 0.5) is 24.5 Å². The van der Waals surface area contributed by atoms with Crippen molar-refractivity contribution in [3.05, 3.63) is 75.8 Å². The van der Waals surface area contributed by atoms with Crippen LogP contribution in [-0.2, 0) is 20.5 Å². The molecule has 152 valence electrons. The number of ether oxygens (including phenoxy) is 1. The summed E-state index contributed by atoms with van der Waals surface area (Å²) in [5, 5.41) is 13.2. The predicted molar refractivity (Wildman–Crippen MR) is 97.8 cm³/mol. The number of hydrogen-bond donors (Lipinski definition) is 1. The lowest BCUT2D eigenvalue weighted by Crippen LogP contribution is -2.29. The minimum Gasteiger partial charge on any atom is -0.449 e. The van der Waals surface area contributed by atoms with Gasteiger partial charge < -0.3 is 10.1 Å². The third-order valence-corrected chi connectivity index (χ3v) is 3.65. The number of carbonyl (C=O) groups is 2. The second-order valence-electron chi connectivity index (χ2n) is 5.80.